The molecule has 2 N–H and O–H groups in total. The fourth-order valence-electron chi connectivity index (χ4n) is 1.53. The average Bonchev–Trinajstić information content (AvgIpc) is 2.48. The molecular weight excluding hydrogens is 314 g/mol. The number of aromatic nitrogens is 2. The highest BCUT2D eigenvalue weighted by Gasteiger charge is 2.15. The van der Waals surface area contributed by atoms with Crippen molar-refractivity contribution in [3.05, 3.63) is 46.7 Å². The Kier molecular flexibility index (Phi) is 4.77. The Morgan fingerprint density at radius 1 is 1.38 bits per heavy atom. The molecule has 2 aromatic rings. The van der Waals surface area contributed by atoms with Gasteiger partial charge in [-0.05, 0) is 24.5 Å². The number of rotatable bonds is 4. The molecule has 108 valence electrons. The Labute approximate surface area is 129 Å². The Morgan fingerprint density at radius 2 is 2.14 bits per heavy atom. The SMILES string of the molecule is CSc1ncc(Cl)c(C(=O)Nc2cccc(C(=O)O)c2)n1. The van der Waals surface area contributed by atoms with Gasteiger partial charge in [0.15, 0.2) is 10.9 Å². The van der Waals surface area contributed by atoms with E-state index in [4.69, 9.17) is 16.7 Å². The third-order valence-electron chi connectivity index (χ3n) is 2.49. The van der Waals surface area contributed by atoms with E-state index in [0.717, 1.165) is 0 Å². The van der Waals surface area contributed by atoms with Gasteiger partial charge in [-0.3, -0.25) is 4.79 Å². The Balaban J connectivity index is 2.25. The van der Waals surface area contributed by atoms with Crippen molar-refractivity contribution in [1.82, 2.24) is 9.97 Å². The second kappa shape index (κ2) is 6.55. The first-order valence-electron chi connectivity index (χ1n) is 5.72. The molecule has 0 radical (unpaired) electrons. The molecule has 0 saturated carbocycles. The van der Waals surface area contributed by atoms with Gasteiger partial charge in [-0.2, -0.15) is 0 Å². The number of carbonyl (C=O) groups excluding carboxylic acids is 1. The lowest BCUT2D eigenvalue weighted by molar-refractivity contribution is 0.0696. The van der Waals surface area contributed by atoms with Crippen molar-refractivity contribution in [3.63, 3.8) is 0 Å². The molecule has 0 spiro atoms. The minimum Gasteiger partial charge on any atom is -0.478 e. The number of benzene rings is 1. The molecule has 0 aliphatic rings. The van der Waals surface area contributed by atoms with Gasteiger partial charge in [-0.1, -0.05) is 29.4 Å². The van der Waals surface area contributed by atoms with Crippen LogP contribution in [0, 0.1) is 0 Å². The molecule has 0 fully saturated rings. The Bertz CT molecular complexity index is 709. The number of hydrogen-bond acceptors (Lipinski definition) is 5. The molecule has 2 rings (SSSR count). The number of nitrogens with one attached hydrogen (secondary N) is 1. The summed E-state index contributed by atoms with van der Waals surface area (Å²) >= 11 is 7.19. The maximum Gasteiger partial charge on any atom is 0.335 e. The predicted molar refractivity (Wildman–Crippen MR) is 80.2 cm³/mol. The zero-order valence-electron chi connectivity index (χ0n) is 10.8. The van der Waals surface area contributed by atoms with Crippen LogP contribution in [0.25, 0.3) is 0 Å². The van der Waals surface area contributed by atoms with E-state index in [9.17, 15) is 9.59 Å². The number of carboxylic acid groups (broad SMARTS) is 1. The molecule has 21 heavy (non-hydrogen) atoms. The number of carbonyl (C=O) groups is 2. The van der Waals surface area contributed by atoms with E-state index >= 15 is 0 Å². The van der Waals surface area contributed by atoms with Crippen LogP contribution < -0.4 is 5.32 Å². The molecule has 0 bridgehead atoms. The number of carboxylic acids is 1. The van der Waals surface area contributed by atoms with Gasteiger partial charge >= 0.3 is 5.97 Å². The van der Waals surface area contributed by atoms with Crippen molar-refractivity contribution in [1.29, 1.82) is 0 Å². The first-order valence-corrected chi connectivity index (χ1v) is 7.32. The number of amides is 1. The molecule has 1 heterocycles. The molecule has 0 aliphatic carbocycles. The van der Waals surface area contributed by atoms with Crippen LogP contribution in [0.3, 0.4) is 0 Å². The van der Waals surface area contributed by atoms with Crippen LogP contribution in [-0.4, -0.2) is 33.2 Å². The fourth-order valence-corrected chi connectivity index (χ4v) is 2.05. The molecule has 8 heteroatoms. The van der Waals surface area contributed by atoms with E-state index in [1.807, 2.05) is 0 Å². The van der Waals surface area contributed by atoms with E-state index < -0.39 is 11.9 Å². The number of thioether (sulfide) groups is 1. The number of anilines is 1. The minimum absolute atomic E-state index is 0.0387. The van der Waals surface area contributed by atoms with Crippen LogP contribution in [-0.2, 0) is 0 Å². The summed E-state index contributed by atoms with van der Waals surface area (Å²) in [7, 11) is 0. The smallest absolute Gasteiger partial charge is 0.335 e. The van der Waals surface area contributed by atoms with Crippen molar-refractivity contribution in [2.45, 2.75) is 5.16 Å². The second-order valence-corrected chi connectivity index (χ2v) is 5.07. The van der Waals surface area contributed by atoms with Crippen LogP contribution in [0.1, 0.15) is 20.8 Å². The largest absolute Gasteiger partial charge is 0.478 e. The number of hydrogen-bond donors (Lipinski definition) is 2. The average molecular weight is 324 g/mol. The summed E-state index contributed by atoms with van der Waals surface area (Å²) in [4.78, 5) is 31.0. The van der Waals surface area contributed by atoms with Crippen molar-refractivity contribution < 1.29 is 14.7 Å². The van der Waals surface area contributed by atoms with E-state index in [2.05, 4.69) is 15.3 Å². The van der Waals surface area contributed by atoms with Crippen molar-refractivity contribution in [3.8, 4) is 0 Å². The topological polar surface area (TPSA) is 92.2 Å². The molecule has 1 aromatic heterocycles. The van der Waals surface area contributed by atoms with Gasteiger partial charge in [-0.15, -0.1) is 0 Å². The summed E-state index contributed by atoms with van der Waals surface area (Å²) in [6, 6.07) is 5.90. The first kappa shape index (κ1) is 15.3. The lowest BCUT2D eigenvalue weighted by Crippen LogP contribution is -2.15. The minimum atomic E-state index is -1.07. The molecule has 0 unspecified atom stereocenters. The second-order valence-electron chi connectivity index (χ2n) is 3.89. The summed E-state index contributed by atoms with van der Waals surface area (Å²) in [6.45, 7) is 0. The third kappa shape index (κ3) is 3.71. The fraction of sp³-hybridized carbons (Fsp3) is 0.0769. The van der Waals surface area contributed by atoms with E-state index in [0.29, 0.717) is 10.8 Å². The maximum absolute atomic E-state index is 12.1. The lowest BCUT2D eigenvalue weighted by atomic mass is 10.2. The van der Waals surface area contributed by atoms with Gasteiger partial charge in [0.1, 0.15) is 0 Å². The van der Waals surface area contributed by atoms with Crippen LogP contribution in [0.2, 0.25) is 5.02 Å². The summed E-state index contributed by atoms with van der Waals surface area (Å²) in [6.07, 6.45) is 3.13. The third-order valence-corrected chi connectivity index (χ3v) is 3.33. The Morgan fingerprint density at radius 3 is 2.81 bits per heavy atom. The van der Waals surface area contributed by atoms with Crippen LogP contribution in [0.5, 0.6) is 0 Å². The molecular formula is C13H10ClN3O3S. The van der Waals surface area contributed by atoms with E-state index in [1.54, 1.807) is 12.3 Å². The predicted octanol–water partition coefficient (Wildman–Crippen LogP) is 2.80. The monoisotopic (exact) mass is 323 g/mol. The zero-order chi connectivity index (χ0) is 15.4. The van der Waals surface area contributed by atoms with E-state index in [-0.39, 0.29) is 16.3 Å². The highest BCUT2D eigenvalue weighted by atomic mass is 35.5. The molecule has 1 aromatic carbocycles. The summed E-state index contributed by atoms with van der Waals surface area (Å²) < 4.78 is 0. The van der Waals surface area contributed by atoms with Gasteiger partial charge in [0.05, 0.1) is 16.8 Å². The normalized spacial score (nSPS) is 10.2. The van der Waals surface area contributed by atoms with Gasteiger partial charge in [0.25, 0.3) is 5.91 Å². The molecule has 0 aliphatic heterocycles. The lowest BCUT2D eigenvalue weighted by Gasteiger charge is -2.07. The zero-order valence-corrected chi connectivity index (χ0v) is 12.4. The molecule has 6 nitrogen and oxygen atoms in total. The Hall–Kier alpha value is -2.12. The van der Waals surface area contributed by atoms with Crippen LogP contribution in [0.4, 0.5) is 5.69 Å². The highest BCUT2D eigenvalue weighted by Crippen LogP contribution is 2.18. The number of halogens is 1. The molecule has 1 amide bonds. The van der Waals surface area contributed by atoms with Crippen molar-refractivity contribution in [2.75, 3.05) is 11.6 Å². The number of nitrogens with zero attached hydrogens (tertiary/aromatic N) is 2. The van der Waals surface area contributed by atoms with Gasteiger partial charge in [0.2, 0.25) is 0 Å². The van der Waals surface area contributed by atoms with Crippen LogP contribution in [0.15, 0.2) is 35.6 Å². The summed E-state index contributed by atoms with van der Waals surface area (Å²) in [5, 5.41) is 12.0. The number of aromatic carboxylic acids is 1. The standard InChI is InChI=1S/C13H10ClN3O3S/c1-21-13-15-6-9(14)10(17-13)11(18)16-8-4-2-3-7(5-8)12(19)20/h2-6H,1H3,(H,16,18)(H,19,20). The van der Waals surface area contributed by atoms with Gasteiger partial charge in [0, 0.05) is 5.69 Å². The molecule has 0 saturated heterocycles. The van der Waals surface area contributed by atoms with Gasteiger partial charge < -0.3 is 10.4 Å². The van der Waals surface area contributed by atoms with Crippen LogP contribution >= 0.6 is 23.4 Å². The van der Waals surface area contributed by atoms with Crippen molar-refractivity contribution in [2.24, 2.45) is 0 Å². The van der Waals surface area contributed by atoms with E-state index in [1.165, 1.54) is 36.2 Å². The highest BCUT2D eigenvalue weighted by molar-refractivity contribution is 7.98. The first-order chi connectivity index (χ1) is 10.0. The summed E-state index contributed by atoms with van der Waals surface area (Å²) in [5.74, 6) is -1.60. The van der Waals surface area contributed by atoms with Gasteiger partial charge in [-0.25, -0.2) is 14.8 Å². The maximum atomic E-state index is 12.1. The quantitative estimate of drug-likeness (QED) is 0.664. The summed E-state index contributed by atoms with van der Waals surface area (Å²) in [5.41, 5.74) is 0.461. The molecule has 0 atom stereocenters. The van der Waals surface area contributed by atoms with Crippen molar-refractivity contribution >= 4 is 40.9 Å².